The van der Waals surface area contributed by atoms with Gasteiger partial charge in [-0.3, -0.25) is 0 Å². The highest BCUT2D eigenvalue weighted by molar-refractivity contribution is 7.98. The minimum atomic E-state index is -0.459. The molecule has 0 saturated carbocycles. The molecule has 0 aliphatic heterocycles. The summed E-state index contributed by atoms with van der Waals surface area (Å²) >= 11 is 1.84. The molecule has 0 aliphatic rings. The van der Waals surface area contributed by atoms with Gasteiger partial charge in [0, 0.05) is 6.54 Å². The number of hydrogen-bond acceptors (Lipinski definition) is 4. The van der Waals surface area contributed by atoms with Crippen LogP contribution in [-0.4, -0.2) is 42.9 Å². The highest BCUT2D eigenvalue weighted by Gasteiger charge is 2.04. The highest BCUT2D eigenvalue weighted by atomic mass is 32.2. The van der Waals surface area contributed by atoms with E-state index < -0.39 is 6.10 Å². The average molecular weight is 283 g/mol. The van der Waals surface area contributed by atoms with Gasteiger partial charge in [0.05, 0.1) is 0 Å². The topological polar surface area (TPSA) is 41.5 Å². The number of rotatable bonds is 10. The summed E-state index contributed by atoms with van der Waals surface area (Å²) in [6.07, 6.45) is 3.77. The zero-order chi connectivity index (χ0) is 13.9. The quantitative estimate of drug-likeness (QED) is 0.647. The smallest absolute Gasteiger partial charge is 0.119 e. The van der Waals surface area contributed by atoms with Crippen molar-refractivity contribution in [3.63, 3.8) is 0 Å². The Morgan fingerprint density at radius 2 is 2.26 bits per heavy atom. The second-order valence-corrected chi connectivity index (χ2v) is 5.50. The molecule has 0 aromatic heterocycles. The summed E-state index contributed by atoms with van der Waals surface area (Å²) in [4.78, 5) is 0. The SMILES string of the molecule is CCc1cccc(OCC(O)CNCCCSC)c1. The third-order valence-electron chi connectivity index (χ3n) is 2.83. The molecule has 2 N–H and O–H groups in total. The molecule has 0 heterocycles. The van der Waals surface area contributed by atoms with Gasteiger partial charge in [-0.25, -0.2) is 0 Å². The molecule has 1 aromatic carbocycles. The second kappa shape index (κ2) is 10.1. The van der Waals surface area contributed by atoms with Crippen molar-refractivity contribution in [2.75, 3.05) is 31.7 Å². The van der Waals surface area contributed by atoms with Crippen molar-refractivity contribution >= 4 is 11.8 Å². The number of hydrogen-bond donors (Lipinski definition) is 2. The van der Waals surface area contributed by atoms with E-state index in [1.54, 1.807) is 0 Å². The minimum Gasteiger partial charge on any atom is -0.491 e. The second-order valence-electron chi connectivity index (χ2n) is 4.52. The summed E-state index contributed by atoms with van der Waals surface area (Å²) in [6.45, 7) is 3.99. The molecule has 19 heavy (non-hydrogen) atoms. The lowest BCUT2D eigenvalue weighted by Gasteiger charge is -2.13. The molecular weight excluding hydrogens is 258 g/mol. The molecule has 1 aromatic rings. The Bertz CT molecular complexity index is 347. The maximum atomic E-state index is 9.80. The maximum Gasteiger partial charge on any atom is 0.119 e. The standard InChI is InChI=1S/C15H25NO2S/c1-3-13-6-4-7-15(10-13)18-12-14(17)11-16-8-5-9-19-2/h4,6-7,10,14,16-17H,3,5,8-9,11-12H2,1-2H3. The molecule has 1 rings (SSSR count). The number of ether oxygens (including phenoxy) is 1. The van der Waals surface area contributed by atoms with Crippen LogP contribution >= 0.6 is 11.8 Å². The van der Waals surface area contributed by atoms with Crippen LogP contribution in [0.15, 0.2) is 24.3 Å². The number of nitrogens with one attached hydrogen (secondary N) is 1. The zero-order valence-corrected chi connectivity index (χ0v) is 12.7. The highest BCUT2D eigenvalue weighted by Crippen LogP contribution is 2.13. The summed E-state index contributed by atoms with van der Waals surface area (Å²) in [5, 5.41) is 13.0. The van der Waals surface area contributed by atoms with E-state index >= 15 is 0 Å². The average Bonchev–Trinajstić information content (AvgIpc) is 2.45. The number of thioether (sulfide) groups is 1. The Balaban J connectivity index is 2.16. The molecule has 0 bridgehead atoms. The molecule has 0 radical (unpaired) electrons. The van der Waals surface area contributed by atoms with Crippen molar-refractivity contribution in [2.45, 2.75) is 25.9 Å². The van der Waals surface area contributed by atoms with Crippen molar-refractivity contribution < 1.29 is 9.84 Å². The fraction of sp³-hybridized carbons (Fsp3) is 0.600. The van der Waals surface area contributed by atoms with E-state index in [0.29, 0.717) is 13.2 Å². The molecule has 0 spiro atoms. The van der Waals surface area contributed by atoms with E-state index in [4.69, 9.17) is 4.74 Å². The molecule has 0 fully saturated rings. The molecule has 4 heteroatoms. The van der Waals surface area contributed by atoms with Crippen molar-refractivity contribution in [1.82, 2.24) is 5.32 Å². The van der Waals surface area contributed by atoms with Gasteiger partial charge in [-0.15, -0.1) is 0 Å². The lowest BCUT2D eigenvalue weighted by molar-refractivity contribution is 0.106. The van der Waals surface area contributed by atoms with E-state index in [-0.39, 0.29) is 0 Å². The van der Waals surface area contributed by atoms with Gasteiger partial charge in [0.15, 0.2) is 0 Å². The largest absolute Gasteiger partial charge is 0.491 e. The van der Waals surface area contributed by atoms with Gasteiger partial charge in [-0.2, -0.15) is 11.8 Å². The van der Waals surface area contributed by atoms with E-state index in [2.05, 4.69) is 24.6 Å². The van der Waals surface area contributed by atoms with E-state index in [0.717, 1.165) is 30.9 Å². The van der Waals surface area contributed by atoms with Crippen LogP contribution in [0.5, 0.6) is 5.75 Å². The summed E-state index contributed by atoms with van der Waals surface area (Å²) in [5.74, 6) is 1.99. The van der Waals surface area contributed by atoms with Gasteiger partial charge in [0.25, 0.3) is 0 Å². The van der Waals surface area contributed by atoms with Gasteiger partial charge < -0.3 is 15.2 Å². The predicted molar refractivity (Wildman–Crippen MR) is 83.2 cm³/mol. The summed E-state index contributed by atoms with van der Waals surface area (Å²) in [7, 11) is 0. The van der Waals surface area contributed by atoms with Crippen molar-refractivity contribution in [2.24, 2.45) is 0 Å². The Morgan fingerprint density at radius 3 is 3.00 bits per heavy atom. The van der Waals surface area contributed by atoms with Crippen LogP contribution in [0.1, 0.15) is 18.9 Å². The number of aryl methyl sites for hydroxylation is 1. The van der Waals surface area contributed by atoms with Crippen LogP contribution in [0, 0.1) is 0 Å². The van der Waals surface area contributed by atoms with E-state index in [1.165, 1.54) is 5.56 Å². The minimum absolute atomic E-state index is 0.336. The Kier molecular flexibility index (Phi) is 8.71. The maximum absolute atomic E-state index is 9.80. The van der Waals surface area contributed by atoms with Crippen LogP contribution in [0.4, 0.5) is 0 Å². The molecule has 1 atom stereocenters. The molecule has 1 unspecified atom stereocenters. The van der Waals surface area contributed by atoms with Gasteiger partial charge in [-0.05, 0) is 49.1 Å². The summed E-state index contributed by atoms with van der Waals surface area (Å²) in [5.41, 5.74) is 1.25. The molecule has 0 saturated heterocycles. The van der Waals surface area contributed by atoms with Gasteiger partial charge in [0.1, 0.15) is 18.5 Å². The first-order valence-corrected chi connectivity index (χ1v) is 8.25. The molecule has 108 valence electrons. The predicted octanol–water partition coefficient (Wildman–Crippen LogP) is 2.33. The fourth-order valence-electron chi connectivity index (χ4n) is 1.72. The van der Waals surface area contributed by atoms with Crippen LogP contribution < -0.4 is 10.1 Å². The Labute approximate surface area is 120 Å². The number of aliphatic hydroxyl groups excluding tert-OH is 1. The summed E-state index contributed by atoms with van der Waals surface area (Å²) in [6, 6.07) is 8.02. The zero-order valence-electron chi connectivity index (χ0n) is 11.9. The van der Waals surface area contributed by atoms with Crippen LogP contribution in [-0.2, 0) is 6.42 Å². The Morgan fingerprint density at radius 1 is 1.42 bits per heavy atom. The fourth-order valence-corrected chi connectivity index (χ4v) is 2.15. The third-order valence-corrected chi connectivity index (χ3v) is 3.53. The van der Waals surface area contributed by atoms with Gasteiger partial charge in [0.2, 0.25) is 0 Å². The van der Waals surface area contributed by atoms with Gasteiger partial charge >= 0.3 is 0 Å². The first kappa shape index (κ1) is 16.3. The van der Waals surface area contributed by atoms with E-state index in [1.807, 2.05) is 30.0 Å². The van der Waals surface area contributed by atoms with Crippen molar-refractivity contribution in [3.8, 4) is 5.75 Å². The van der Waals surface area contributed by atoms with E-state index in [9.17, 15) is 5.11 Å². The van der Waals surface area contributed by atoms with Gasteiger partial charge in [-0.1, -0.05) is 19.1 Å². The van der Waals surface area contributed by atoms with Crippen molar-refractivity contribution in [1.29, 1.82) is 0 Å². The molecular formula is C15H25NO2S. The Hall–Kier alpha value is -0.710. The van der Waals surface area contributed by atoms with Crippen molar-refractivity contribution in [3.05, 3.63) is 29.8 Å². The molecule has 0 aliphatic carbocycles. The number of aliphatic hydroxyl groups is 1. The third kappa shape index (κ3) is 7.45. The molecule has 0 amide bonds. The normalized spacial score (nSPS) is 12.4. The summed E-state index contributed by atoms with van der Waals surface area (Å²) < 4.78 is 5.59. The molecule has 3 nitrogen and oxygen atoms in total. The first-order chi connectivity index (χ1) is 9.26. The number of benzene rings is 1. The monoisotopic (exact) mass is 283 g/mol. The van der Waals surface area contributed by atoms with Crippen LogP contribution in [0.3, 0.4) is 0 Å². The van der Waals surface area contributed by atoms with Crippen LogP contribution in [0.2, 0.25) is 0 Å². The lowest BCUT2D eigenvalue weighted by Crippen LogP contribution is -2.32. The lowest BCUT2D eigenvalue weighted by atomic mass is 10.2. The van der Waals surface area contributed by atoms with Crippen LogP contribution in [0.25, 0.3) is 0 Å². The first-order valence-electron chi connectivity index (χ1n) is 6.85.